The lowest BCUT2D eigenvalue weighted by molar-refractivity contribution is -0.150. The second kappa shape index (κ2) is 11.9. The Morgan fingerprint density at radius 1 is 1.00 bits per heavy atom. The summed E-state index contributed by atoms with van der Waals surface area (Å²) < 4.78 is 5.56. The Hall–Kier alpha value is -1.68. The lowest BCUT2D eigenvalue weighted by atomic mass is 9.87. The Labute approximate surface area is 163 Å². The summed E-state index contributed by atoms with van der Waals surface area (Å²) in [6.45, 7) is 0.342. The van der Waals surface area contributed by atoms with E-state index in [2.05, 4.69) is 0 Å². The van der Waals surface area contributed by atoms with Crippen molar-refractivity contribution in [2.24, 2.45) is 5.92 Å². The normalized spacial score (nSPS) is 25.4. The largest absolute Gasteiger partial charge is 0.461 e. The highest BCUT2D eigenvalue weighted by molar-refractivity contribution is 5.72. The number of hydrogen-bond donors (Lipinski definition) is 1. The molecule has 0 aliphatic heterocycles. The fraction of sp³-hybridized carbons (Fsp3) is 0.652. The lowest BCUT2D eigenvalue weighted by Gasteiger charge is -2.26. The molecule has 0 radical (unpaired) electrons. The van der Waals surface area contributed by atoms with Crippen molar-refractivity contribution >= 4 is 12.3 Å². The molecule has 0 amide bonds. The lowest BCUT2D eigenvalue weighted by Crippen LogP contribution is -2.29. The van der Waals surface area contributed by atoms with Crippen molar-refractivity contribution in [1.82, 2.24) is 0 Å². The molecule has 1 aromatic carbocycles. The fourth-order valence-electron chi connectivity index (χ4n) is 3.93. The highest BCUT2D eigenvalue weighted by atomic mass is 16.5. The number of benzene rings is 1. The molecule has 0 spiro atoms. The van der Waals surface area contributed by atoms with Crippen LogP contribution in [-0.2, 0) is 20.9 Å². The molecular formula is C23H34O4. The molecule has 150 valence electrons. The maximum absolute atomic E-state index is 12.5. The standard InChI is InChI=1S/C23H34O4/c24-18-17-23(26)15-9-2-1-7-13-21(14-8-4-10-16-23)22(25)27-19-20-11-5-3-6-12-20/h3,5-6,11-12,18,21,26H,1-2,4,7-10,13-17,19H2. The van der Waals surface area contributed by atoms with Gasteiger partial charge in [0.1, 0.15) is 12.9 Å². The predicted octanol–water partition coefficient (Wildman–Crippen LogP) is 4.97. The maximum atomic E-state index is 12.5. The van der Waals surface area contributed by atoms with Gasteiger partial charge in [-0.25, -0.2) is 0 Å². The zero-order valence-electron chi connectivity index (χ0n) is 16.4. The van der Waals surface area contributed by atoms with Gasteiger partial charge in [0.15, 0.2) is 0 Å². The van der Waals surface area contributed by atoms with Crippen LogP contribution in [0.25, 0.3) is 0 Å². The first-order valence-electron chi connectivity index (χ1n) is 10.5. The minimum atomic E-state index is -0.830. The van der Waals surface area contributed by atoms with Crippen LogP contribution in [0.5, 0.6) is 0 Å². The summed E-state index contributed by atoms with van der Waals surface area (Å²) in [5.74, 6) is -0.102. The minimum absolute atomic E-state index is 0.0247. The molecule has 0 bridgehead atoms. The van der Waals surface area contributed by atoms with Crippen LogP contribution in [0.1, 0.15) is 82.6 Å². The van der Waals surface area contributed by atoms with Gasteiger partial charge in [0.05, 0.1) is 11.5 Å². The van der Waals surface area contributed by atoms with E-state index in [0.29, 0.717) is 19.4 Å². The average Bonchev–Trinajstić information content (AvgIpc) is 2.69. The molecule has 1 aromatic rings. The maximum Gasteiger partial charge on any atom is 0.309 e. The third-order valence-corrected chi connectivity index (χ3v) is 5.66. The van der Waals surface area contributed by atoms with Gasteiger partial charge in [0, 0.05) is 6.42 Å². The van der Waals surface area contributed by atoms with Gasteiger partial charge in [-0.05, 0) is 31.2 Å². The van der Waals surface area contributed by atoms with Crippen LogP contribution in [0.3, 0.4) is 0 Å². The van der Waals surface area contributed by atoms with E-state index in [1.165, 1.54) is 0 Å². The van der Waals surface area contributed by atoms with Crippen LogP contribution in [-0.4, -0.2) is 23.0 Å². The first-order valence-corrected chi connectivity index (χ1v) is 10.5. The Morgan fingerprint density at radius 3 is 2.22 bits per heavy atom. The molecule has 0 heterocycles. The number of carbonyl (C=O) groups excluding carboxylic acids is 2. The summed E-state index contributed by atoms with van der Waals surface area (Å²) in [6.07, 6.45) is 11.1. The van der Waals surface area contributed by atoms with Crippen LogP contribution < -0.4 is 0 Å². The van der Waals surface area contributed by atoms with Crippen LogP contribution in [0.15, 0.2) is 30.3 Å². The van der Waals surface area contributed by atoms with E-state index in [1.807, 2.05) is 30.3 Å². The first-order chi connectivity index (χ1) is 13.1. The molecule has 1 N–H and O–H groups in total. The first kappa shape index (κ1) is 21.6. The Kier molecular flexibility index (Phi) is 9.54. The molecule has 4 heteroatoms. The van der Waals surface area contributed by atoms with Crippen LogP contribution in [0.4, 0.5) is 0 Å². The second-order valence-electron chi connectivity index (χ2n) is 7.94. The molecule has 2 unspecified atom stereocenters. The minimum Gasteiger partial charge on any atom is -0.461 e. The molecule has 1 aliphatic rings. The summed E-state index contributed by atoms with van der Waals surface area (Å²) >= 11 is 0. The van der Waals surface area contributed by atoms with E-state index >= 15 is 0 Å². The van der Waals surface area contributed by atoms with Crippen LogP contribution in [0, 0.1) is 5.92 Å². The van der Waals surface area contributed by atoms with Gasteiger partial charge < -0.3 is 14.6 Å². The molecule has 4 nitrogen and oxygen atoms in total. The average molecular weight is 375 g/mol. The van der Waals surface area contributed by atoms with Crippen molar-refractivity contribution < 1.29 is 19.4 Å². The van der Waals surface area contributed by atoms with Gasteiger partial charge in [0.25, 0.3) is 0 Å². The van der Waals surface area contributed by atoms with Gasteiger partial charge in [-0.2, -0.15) is 0 Å². The van der Waals surface area contributed by atoms with Crippen molar-refractivity contribution in [3.63, 3.8) is 0 Å². The van der Waals surface area contributed by atoms with E-state index in [4.69, 9.17) is 4.74 Å². The van der Waals surface area contributed by atoms with E-state index in [0.717, 1.165) is 69.6 Å². The number of rotatable bonds is 5. The molecular weight excluding hydrogens is 340 g/mol. The number of aliphatic hydroxyl groups is 1. The summed E-state index contributed by atoms with van der Waals surface area (Å²) in [7, 11) is 0. The molecule has 1 aliphatic carbocycles. The van der Waals surface area contributed by atoms with Crippen molar-refractivity contribution in [2.75, 3.05) is 0 Å². The summed E-state index contributed by atoms with van der Waals surface area (Å²) in [5.41, 5.74) is 0.189. The Bertz CT molecular complexity index is 557. The van der Waals surface area contributed by atoms with Gasteiger partial charge >= 0.3 is 5.97 Å². The summed E-state index contributed by atoms with van der Waals surface area (Å²) in [5, 5.41) is 10.6. The third-order valence-electron chi connectivity index (χ3n) is 5.66. The topological polar surface area (TPSA) is 63.6 Å². The quantitative estimate of drug-likeness (QED) is 0.584. The monoisotopic (exact) mass is 374 g/mol. The van der Waals surface area contributed by atoms with E-state index < -0.39 is 5.60 Å². The molecule has 1 saturated carbocycles. The molecule has 27 heavy (non-hydrogen) atoms. The van der Waals surface area contributed by atoms with E-state index in [-0.39, 0.29) is 18.3 Å². The Morgan fingerprint density at radius 2 is 1.59 bits per heavy atom. The van der Waals surface area contributed by atoms with Gasteiger partial charge in [-0.1, -0.05) is 75.3 Å². The van der Waals surface area contributed by atoms with Gasteiger partial charge in [-0.15, -0.1) is 0 Å². The predicted molar refractivity (Wildman–Crippen MR) is 106 cm³/mol. The smallest absolute Gasteiger partial charge is 0.309 e. The Balaban J connectivity index is 1.84. The number of hydrogen-bond acceptors (Lipinski definition) is 4. The molecule has 2 atom stereocenters. The second-order valence-corrected chi connectivity index (χ2v) is 7.94. The van der Waals surface area contributed by atoms with E-state index in [1.54, 1.807) is 0 Å². The zero-order valence-corrected chi connectivity index (χ0v) is 16.4. The highest BCUT2D eigenvalue weighted by Crippen LogP contribution is 2.28. The van der Waals surface area contributed by atoms with Crippen LogP contribution in [0.2, 0.25) is 0 Å². The van der Waals surface area contributed by atoms with Crippen molar-refractivity contribution in [3.8, 4) is 0 Å². The molecule has 0 aromatic heterocycles. The van der Waals surface area contributed by atoms with Gasteiger partial charge in [0.2, 0.25) is 0 Å². The molecule has 0 saturated heterocycles. The SMILES string of the molecule is O=CCC1(O)CCCCCCC(C(=O)OCc2ccccc2)CCCCC1. The summed E-state index contributed by atoms with van der Waals surface area (Å²) in [4.78, 5) is 23.4. The van der Waals surface area contributed by atoms with Crippen molar-refractivity contribution in [2.45, 2.75) is 89.3 Å². The zero-order chi connectivity index (χ0) is 19.4. The molecule has 2 rings (SSSR count). The van der Waals surface area contributed by atoms with E-state index in [9.17, 15) is 14.7 Å². The summed E-state index contributed by atoms with van der Waals surface area (Å²) in [6, 6.07) is 9.80. The fourth-order valence-corrected chi connectivity index (χ4v) is 3.93. The van der Waals surface area contributed by atoms with Crippen molar-refractivity contribution in [1.29, 1.82) is 0 Å². The van der Waals surface area contributed by atoms with Crippen molar-refractivity contribution in [3.05, 3.63) is 35.9 Å². The number of esters is 1. The highest BCUT2D eigenvalue weighted by Gasteiger charge is 2.26. The third kappa shape index (κ3) is 8.25. The van der Waals surface area contributed by atoms with Crippen LogP contribution >= 0.6 is 0 Å². The molecule has 1 fully saturated rings. The van der Waals surface area contributed by atoms with Gasteiger partial charge in [-0.3, -0.25) is 4.79 Å². The number of aldehydes is 1. The number of carbonyl (C=O) groups is 2. The number of ether oxygens (including phenoxy) is 1.